The number of hydrogen-bond donors (Lipinski definition) is 1. The summed E-state index contributed by atoms with van der Waals surface area (Å²) in [4.78, 5) is 14.6. The zero-order chi connectivity index (χ0) is 21.4. The van der Waals surface area contributed by atoms with Crippen molar-refractivity contribution in [3.63, 3.8) is 0 Å². The first-order valence-electron chi connectivity index (χ1n) is 11.2. The molecule has 3 aliphatic rings. The van der Waals surface area contributed by atoms with E-state index >= 15 is 0 Å². The van der Waals surface area contributed by atoms with E-state index in [1.165, 1.54) is 12.1 Å². The second-order valence-electron chi connectivity index (χ2n) is 9.17. The Morgan fingerprint density at radius 1 is 1.06 bits per heavy atom. The molecule has 2 aromatic rings. The fraction of sp³-hybridized carbons (Fsp3) is 0.480. The third kappa shape index (κ3) is 4.26. The van der Waals surface area contributed by atoms with Gasteiger partial charge in [0.2, 0.25) is 0 Å². The summed E-state index contributed by atoms with van der Waals surface area (Å²) in [6.07, 6.45) is 4.29. The van der Waals surface area contributed by atoms with Crippen LogP contribution < -0.4 is 4.74 Å². The van der Waals surface area contributed by atoms with Gasteiger partial charge < -0.3 is 19.5 Å². The minimum absolute atomic E-state index is 0.133. The minimum atomic E-state index is -1.22. The normalized spacial score (nSPS) is 27.2. The van der Waals surface area contributed by atoms with Crippen molar-refractivity contribution in [1.82, 2.24) is 4.90 Å². The molecule has 2 atom stereocenters. The fourth-order valence-corrected chi connectivity index (χ4v) is 5.02. The van der Waals surface area contributed by atoms with Crippen molar-refractivity contribution in [2.75, 3.05) is 6.61 Å². The molecule has 0 radical (unpaired) electrons. The van der Waals surface area contributed by atoms with E-state index in [4.69, 9.17) is 9.47 Å². The number of amides is 1. The molecule has 0 spiro atoms. The molecule has 2 saturated heterocycles. The SMILES string of the molecule is O=C(OCc1ccccc1)N1C2CCC1CC(O)(c1cc(F)ccc1OCC1CC1)C2. The van der Waals surface area contributed by atoms with Gasteiger partial charge in [-0.3, -0.25) is 0 Å². The van der Waals surface area contributed by atoms with Gasteiger partial charge in [0, 0.05) is 30.5 Å². The van der Waals surface area contributed by atoms with Crippen LogP contribution in [0.25, 0.3) is 0 Å². The van der Waals surface area contributed by atoms with Crippen LogP contribution in [0.1, 0.15) is 49.7 Å². The maximum absolute atomic E-state index is 14.1. The first kappa shape index (κ1) is 20.3. The number of benzene rings is 2. The second-order valence-corrected chi connectivity index (χ2v) is 9.17. The summed E-state index contributed by atoms with van der Waals surface area (Å²) < 4.78 is 25.6. The molecule has 2 aliphatic heterocycles. The highest BCUT2D eigenvalue weighted by Crippen LogP contribution is 2.48. The number of hydrogen-bond acceptors (Lipinski definition) is 4. The van der Waals surface area contributed by atoms with Crippen molar-refractivity contribution in [3.05, 3.63) is 65.5 Å². The van der Waals surface area contributed by atoms with E-state index in [2.05, 4.69) is 0 Å². The molecule has 3 fully saturated rings. The van der Waals surface area contributed by atoms with E-state index in [1.807, 2.05) is 30.3 Å². The molecule has 6 heteroatoms. The number of rotatable bonds is 6. The van der Waals surface area contributed by atoms with Crippen LogP contribution in [0.3, 0.4) is 0 Å². The van der Waals surface area contributed by atoms with Crippen molar-refractivity contribution in [1.29, 1.82) is 0 Å². The van der Waals surface area contributed by atoms with Crippen LogP contribution in [-0.2, 0) is 16.9 Å². The Bertz CT molecular complexity index is 932. The molecule has 31 heavy (non-hydrogen) atoms. The smallest absolute Gasteiger partial charge is 0.410 e. The quantitative estimate of drug-likeness (QED) is 0.725. The maximum atomic E-state index is 14.1. The van der Waals surface area contributed by atoms with E-state index in [-0.39, 0.29) is 30.6 Å². The lowest BCUT2D eigenvalue weighted by atomic mass is 9.80. The van der Waals surface area contributed by atoms with Crippen LogP contribution in [-0.4, -0.2) is 34.8 Å². The summed E-state index contributed by atoms with van der Waals surface area (Å²) in [5.74, 6) is 0.722. The van der Waals surface area contributed by atoms with Gasteiger partial charge in [-0.2, -0.15) is 0 Å². The number of carbonyl (C=O) groups excluding carboxylic acids is 1. The number of piperidine rings is 1. The number of aliphatic hydroxyl groups is 1. The number of carbonyl (C=O) groups is 1. The molecule has 1 amide bonds. The van der Waals surface area contributed by atoms with Gasteiger partial charge in [0.1, 0.15) is 18.2 Å². The predicted molar refractivity (Wildman–Crippen MR) is 113 cm³/mol. The van der Waals surface area contributed by atoms with Crippen LogP contribution in [0.4, 0.5) is 9.18 Å². The van der Waals surface area contributed by atoms with Crippen LogP contribution in [0.15, 0.2) is 48.5 Å². The summed E-state index contributed by atoms with van der Waals surface area (Å²) in [5, 5.41) is 11.6. The van der Waals surface area contributed by atoms with Gasteiger partial charge in [0.25, 0.3) is 0 Å². The van der Waals surface area contributed by atoms with Gasteiger partial charge in [-0.1, -0.05) is 30.3 Å². The van der Waals surface area contributed by atoms with Crippen molar-refractivity contribution in [2.24, 2.45) is 5.92 Å². The Labute approximate surface area is 181 Å². The van der Waals surface area contributed by atoms with E-state index in [1.54, 1.807) is 11.0 Å². The monoisotopic (exact) mass is 425 g/mol. The zero-order valence-corrected chi connectivity index (χ0v) is 17.5. The molecule has 5 rings (SSSR count). The molecule has 2 bridgehead atoms. The third-order valence-corrected chi connectivity index (χ3v) is 6.80. The largest absolute Gasteiger partial charge is 0.493 e. The van der Waals surface area contributed by atoms with Gasteiger partial charge in [0.15, 0.2) is 0 Å². The zero-order valence-electron chi connectivity index (χ0n) is 17.5. The lowest BCUT2D eigenvalue weighted by Gasteiger charge is -2.43. The van der Waals surface area contributed by atoms with Crippen LogP contribution >= 0.6 is 0 Å². The summed E-state index contributed by atoms with van der Waals surface area (Å²) in [5.41, 5.74) is 0.222. The molecule has 1 N–H and O–H groups in total. The number of fused-ring (bicyclic) bond motifs is 2. The minimum Gasteiger partial charge on any atom is -0.493 e. The van der Waals surface area contributed by atoms with Crippen molar-refractivity contribution >= 4 is 6.09 Å². The molecule has 164 valence electrons. The van der Waals surface area contributed by atoms with E-state index < -0.39 is 5.60 Å². The summed E-state index contributed by atoms with van der Waals surface area (Å²) in [7, 11) is 0. The molecule has 2 aromatic carbocycles. The predicted octanol–water partition coefficient (Wildman–Crippen LogP) is 4.77. The molecule has 0 aromatic heterocycles. The van der Waals surface area contributed by atoms with E-state index in [0.29, 0.717) is 36.7 Å². The van der Waals surface area contributed by atoms with Crippen LogP contribution in [0.2, 0.25) is 0 Å². The van der Waals surface area contributed by atoms with Gasteiger partial charge in [-0.05, 0) is 55.4 Å². The highest BCUT2D eigenvalue weighted by atomic mass is 19.1. The molecule has 2 unspecified atom stereocenters. The first-order chi connectivity index (χ1) is 15.0. The summed E-state index contributed by atoms with van der Waals surface area (Å²) in [6.45, 7) is 0.822. The Balaban J connectivity index is 1.30. The van der Waals surface area contributed by atoms with Gasteiger partial charge >= 0.3 is 6.09 Å². The standard InChI is InChI=1S/C25H28FNO4/c26-19-8-11-23(30-15-18-6-7-18)22(12-19)25(29)13-20-9-10-21(14-25)27(20)24(28)31-16-17-4-2-1-3-5-17/h1-5,8,11-12,18,20-21,29H,6-7,9-10,13-16H2. The maximum Gasteiger partial charge on any atom is 0.410 e. The Morgan fingerprint density at radius 3 is 2.45 bits per heavy atom. The topological polar surface area (TPSA) is 59.0 Å². The van der Waals surface area contributed by atoms with Crippen molar-refractivity contribution in [3.8, 4) is 5.75 Å². The lowest BCUT2D eigenvalue weighted by Crippen LogP contribution is -2.52. The first-order valence-corrected chi connectivity index (χ1v) is 11.2. The Hall–Kier alpha value is -2.60. The van der Waals surface area contributed by atoms with E-state index in [9.17, 15) is 14.3 Å². The molecule has 5 nitrogen and oxygen atoms in total. The van der Waals surface area contributed by atoms with Gasteiger partial charge in [-0.25, -0.2) is 9.18 Å². The molecule has 1 saturated carbocycles. The number of ether oxygens (including phenoxy) is 2. The highest BCUT2D eigenvalue weighted by molar-refractivity contribution is 5.69. The average Bonchev–Trinajstić information content (AvgIpc) is 3.55. The summed E-state index contributed by atoms with van der Waals surface area (Å²) >= 11 is 0. The Morgan fingerprint density at radius 2 is 1.77 bits per heavy atom. The third-order valence-electron chi connectivity index (χ3n) is 6.80. The van der Waals surface area contributed by atoms with Crippen molar-refractivity contribution < 1.29 is 23.8 Å². The van der Waals surface area contributed by atoms with Crippen LogP contribution in [0, 0.1) is 11.7 Å². The van der Waals surface area contributed by atoms with Crippen molar-refractivity contribution in [2.45, 2.75) is 62.8 Å². The lowest BCUT2D eigenvalue weighted by molar-refractivity contribution is -0.0552. The number of nitrogens with zero attached hydrogens (tertiary/aromatic N) is 1. The second kappa shape index (κ2) is 8.15. The van der Waals surface area contributed by atoms with Gasteiger partial charge in [0.05, 0.1) is 12.2 Å². The molecular formula is C25H28FNO4. The number of halogens is 1. The highest BCUT2D eigenvalue weighted by Gasteiger charge is 2.51. The molecular weight excluding hydrogens is 397 g/mol. The fourth-order valence-electron chi connectivity index (χ4n) is 5.02. The molecule has 2 heterocycles. The average molecular weight is 426 g/mol. The van der Waals surface area contributed by atoms with Crippen LogP contribution in [0.5, 0.6) is 5.75 Å². The van der Waals surface area contributed by atoms with E-state index in [0.717, 1.165) is 31.2 Å². The Kier molecular flexibility index (Phi) is 5.34. The molecule has 1 aliphatic carbocycles. The van der Waals surface area contributed by atoms with Gasteiger partial charge in [-0.15, -0.1) is 0 Å². The summed E-state index contributed by atoms with van der Waals surface area (Å²) in [6, 6.07) is 13.7.